The Kier molecular flexibility index (Phi) is 2.20. The number of hydrogen-bond acceptors (Lipinski definition) is 2. The number of hydrogen-bond donors (Lipinski definition) is 0. The lowest BCUT2D eigenvalue weighted by Crippen LogP contribution is -2.19. The smallest absolute Gasteiger partial charge is 0.130 e. The molecular formula is C13H13ClN2. The molecule has 0 amide bonds. The van der Waals surface area contributed by atoms with Gasteiger partial charge in [0.05, 0.1) is 0 Å². The first-order valence-electron chi connectivity index (χ1n) is 5.52. The van der Waals surface area contributed by atoms with Gasteiger partial charge in [-0.05, 0) is 37.4 Å². The molecule has 1 aliphatic carbocycles. The molecule has 0 radical (unpaired) electrons. The van der Waals surface area contributed by atoms with Gasteiger partial charge in [-0.25, -0.2) is 4.98 Å². The molecule has 1 aromatic heterocycles. The largest absolute Gasteiger partial charge is 0.305 e. The fourth-order valence-corrected chi connectivity index (χ4v) is 2.76. The van der Waals surface area contributed by atoms with Crippen LogP contribution < -0.4 is 0 Å². The second kappa shape index (κ2) is 3.48. The first-order valence-corrected chi connectivity index (χ1v) is 5.90. The average Bonchev–Trinajstić information content (AvgIpc) is 2.79. The Morgan fingerprint density at radius 1 is 1.56 bits per heavy atom. The Morgan fingerprint density at radius 2 is 2.44 bits per heavy atom. The second-order valence-electron chi connectivity index (χ2n) is 4.85. The van der Waals surface area contributed by atoms with Gasteiger partial charge in [0.2, 0.25) is 0 Å². The molecule has 1 aliphatic heterocycles. The topological polar surface area (TPSA) is 16.1 Å². The van der Waals surface area contributed by atoms with Crippen molar-refractivity contribution in [2.75, 3.05) is 20.1 Å². The van der Waals surface area contributed by atoms with Crippen LogP contribution in [-0.4, -0.2) is 30.0 Å². The summed E-state index contributed by atoms with van der Waals surface area (Å²) < 4.78 is 0. The van der Waals surface area contributed by atoms with Crippen LogP contribution in [0.15, 0.2) is 18.2 Å². The monoisotopic (exact) mass is 232 g/mol. The molecule has 1 aromatic rings. The van der Waals surface area contributed by atoms with Crippen LogP contribution in [-0.2, 0) is 0 Å². The summed E-state index contributed by atoms with van der Waals surface area (Å²) in [5, 5.41) is 0.514. The van der Waals surface area contributed by atoms with Crippen molar-refractivity contribution in [3.63, 3.8) is 0 Å². The molecule has 0 spiro atoms. The maximum atomic E-state index is 5.82. The van der Waals surface area contributed by atoms with E-state index in [1.165, 1.54) is 13.0 Å². The van der Waals surface area contributed by atoms with E-state index >= 15 is 0 Å². The van der Waals surface area contributed by atoms with Crippen molar-refractivity contribution in [2.24, 2.45) is 11.3 Å². The number of rotatable bonds is 0. The van der Waals surface area contributed by atoms with E-state index in [0.717, 1.165) is 18.2 Å². The van der Waals surface area contributed by atoms with E-state index in [4.69, 9.17) is 11.6 Å². The van der Waals surface area contributed by atoms with Gasteiger partial charge in [-0.1, -0.05) is 23.6 Å². The number of pyridine rings is 1. The zero-order chi connectivity index (χ0) is 11.2. The van der Waals surface area contributed by atoms with Gasteiger partial charge >= 0.3 is 0 Å². The molecule has 2 atom stereocenters. The minimum absolute atomic E-state index is 0.263. The molecule has 3 heteroatoms. The summed E-state index contributed by atoms with van der Waals surface area (Å²) >= 11 is 5.82. The predicted molar refractivity (Wildman–Crippen MR) is 64.2 cm³/mol. The highest BCUT2D eigenvalue weighted by atomic mass is 35.5. The van der Waals surface area contributed by atoms with Crippen LogP contribution in [0.4, 0.5) is 0 Å². The lowest BCUT2D eigenvalue weighted by molar-refractivity contribution is 0.360. The minimum atomic E-state index is 0.263. The van der Waals surface area contributed by atoms with Crippen molar-refractivity contribution in [3.8, 4) is 11.8 Å². The summed E-state index contributed by atoms with van der Waals surface area (Å²) in [5.41, 5.74) is 1.04. The van der Waals surface area contributed by atoms with Crippen molar-refractivity contribution >= 4 is 11.6 Å². The molecule has 2 aliphatic rings. The van der Waals surface area contributed by atoms with Gasteiger partial charge in [0.25, 0.3) is 0 Å². The van der Waals surface area contributed by atoms with E-state index in [-0.39, 0.29) is 5.41 Å². The predicted octanol–water partition coefficient (Wildman–Crippen LogP) is 2.04. The first-order chi connectivity index (χ1) is 7.68. The van der Waals surface area contributed by atoms with Gasteiger partial charge in [0.1, 0.15) is 10.8 Å². The molecule has 3 rings (SSSR count). The molecular weight excluding hydrogens is 220 g/mol. The van der Waals surface area contributed by atoms with Gasteiger partial charge in [-0.15, -0.1) is 0 Å². The second-order valence-corrected chi connectivity index (χ2v) is 5.24. The quantitative estimate of drug-likeness (QED) is 0.503. The van der Waals surface area contributed by atoms with Crippen molar-refractivity contribution in [1.82, 2.24) is 9.88 Å². The minimum Gasteiger partial charge on any atom is -0.305 e. The van der Waals surface area contributed by atoms with Crippen LogP contribution in [0, 0.1) is 23.2 Å². The van der Waals surface area contributed by atoms with E-state index in [1.807, 2.05) is 12.1 Å². The van der Waals surface area contributed by atoms with Crippen molar-refractivity contribution in [3.05, 3.63) is 29.0 Å². The SMILES string of the molecule is CN1CC2CC2(C#Cc2cccc(Cl)n2)C1. The molecule has 1 saturated carbocycles. The number of halogens is 1. The zero-order valence-electron chi connectivity index (χ0n) is 9.20. The fourth-order valence-electron chi connectivity index (χ4n) is 2.60. The van der Waals surface area contributed by atoms with Crippen molar-refractivity contribution < 1.29 is 0 Å². The lowest BCUT2D eigenvalue weighted by atomic mass is 10.1. The van der Waals surface area contributed by atoms with Crippen LogP contribution in [0.1, 0.15) is 12.1 Å². The Balaban J connectivity index is 1.81. The molecule has 0 N–H and O–H groups in total. The molecule has 82 valence electrons. The molecule has 2 heterocycles. The Hall–Kier alpha value is -1.04. The summed E-state index contributed by atoms with van der Waals surface area (Å²) in [6.07, 6.45) is 1.25. The number of piperidine rings is 1. The molecule has 2 unspecified atom stereocenters. The van der Waals surface area contributed by atoms with Gasteiger partial charge < -0.3 is 4.90 Å². The third-order valence-corrected chi connectivity index (χ3v) is 3.68. The summed E-state index contributed by atoms with van der Waals surface area (Å²) in [6, 6.07) is 5.57. The fraction of sp³-hybridized carbons (Fsp3) is 0.462. The Labute approximate surface area is 101 Å². The molecule has 0 bridgehead atoms. The average molecular weight is 233 g/mol. The van der Waals surface area contributed by atoms with Crippen LogP contribution in [0.3, 0.4) is 0 Å². The maximum absolute atomic E-state index is 5.82. The van der Waals surface area contributed by atoms with Crippen molar-refractivity contribution in [1.29, 1.82) is 0 Å². The van der Waals surface area contributed by atoms with Gasteiger partial charge in [0.15, 0.2) is 0 Å². The zero-order valence-corrected chi connectivity index (χ0v) is 9.96. The number of nitrogens with zero attached hydrogens (tertiary/aromatic N) is 2. The Morgan fingerprint density at radius 3 is 3.12 bits per heavy atom. The van der Waals surface area contributed by atoms with Crippen LogP contribution in [0.25, 0.3) is 0 Å². The van der Waals surface area contributed by atoms with Crippen LogP contribution in [0.5, 0.6) is 0 Å². The number of aromatic nitrogens is 1. The highest BCUT2D eigenvalue weighted by molar-refractivity contribution is 6.29. The van der Waals surface area contributed by atoms with Gasteiger partial charge in [-0.3, -0.25) is 0 Å². The van der Waals surface area contributed by atoms with E-state index in [1.54, 1.807) is 6.07 Å². The van der Waals surface area contributed by atoms with E-state index in [2.05, 4.69) is 28.8 Å². The summed E-state index contributed by atoms with van der Waals surface area (Å²) in [7, 11) is 2.16. The molecule has 16 heavy (non-hydrogen) atoms. The Bertz CT molecular complexity index is 488. The maximum Gasteiger partial charge on any atom is 0.130 e. The number of fused-ring (bicyclic) bond motifs is 1. The highest BCUT2D eigenvalue weighted by Crippen LogP contribution is 2.56. The third kappa shape index (κ3) is 1.71. The summed E-state index contributed by atoms with van der Waals surface area (Å²) in [6.45, 7) is 2.29. The molecule has 2 nitrogen and oxygen atoms in total. The van der Waals surface area contributed by atoms with E-state index in [0.29, 0.717) is 5.15 Å². The van der Waals surface area contributed by atoms with E-state index in [9.17, 15) is 0 Å². The normalized spacial score (nSPS) is 31.8. The standard InChI is InChI=1S/C13H13ClN2/c1-16-8-10-7-13(10,9-16)6-5-11-3-2-4-12(14)15-11/h2-4,10H,7-9H2,1H3. The lowest BCUT2D eigenvalue weighted by Gasteiger charge is -2.10. The molecule has 1 saturated heterocycles. The van der Waals surface area contributed by atoms with Gasteiger partial charge in [0, 0.05) is 18.5 Å². The third-order valence-electron chi connectivity index (χ3n) is 3.47. The van der Waals surface area contributed by atoms with E-state index < -0.39 is 0 Å². The summed E-state index contributed by atoms with van der Waals surface area (Å²) in [5.74, 6) is 7.33. The van der Waals surface area contributed by atoms with Crippen LogP contribution >= 0.6 is 11.6 Å². The van der Waals surface area contributed by atoms with Gasteiger partial charge in [-0.2, -0.15) is 0 Å². The van der Waals surface area contributed by atoms with Crippen molar-refractivity contribution in [2.45, 2.75) is 6.42 Å². The van der Waals surface area contributed by atoms with Crippen LogP contribution in [0.2, 0.25) is 5.15 Å². The highest BCUT2D eigenvalue weighted by Gasteiger charge is 2.58. The molecule has 0 aromatic carbocycles. The molecule has 2 fully saturated rings. The number of likely N-dealkylation sites (tertiary alicyclic amines) is 1. The summed E-state index contributed by atoms with van der Waals surface area (Å²) in [4.78, 5) is 6.54. The first kappa shape index (κ1) is 10.1.